The molecule has 4 heteroatoms. The lowest BCUT2D eigenvalue weighted by Crippen LogP contribution is -1.93. The number of hydrogen-bond acceptors (Lipinski definition) is 1. The molecule has 0 aliphatic rings. The molecule has 0 saturated carbocycles. The van der Waals surface area contributed by atoms with Gasteiger partial charge in [0.15, 0.2) is 0 Å². The molecule has 0 radical (unpaired) electrons. The Morgan fingerprint density at radius 2 is 2.17 bits per heavy atom. The minimum Gasteiger partial charge on any atom is -0.276 e. The molecule has 1 nitrogen and oxygen atoms in total. The Hall–Kier alpha value is -0.600. The van der Waals surface area contributed by atoms with Crippen molar-refractivity contribution in [3.63, 3.8) is 0 Å². The quantitative estimate of drug-likeness (QED) is 0.538. The van der Waals surface area contributed by atoms with Crippen LogP contribution in [-0.4, -0.2) is 5.24 Å². The average molecular weight is 207 g/mol. The van der Waals surface area contributed by atoms with Crippen LogP contribution in [0.4, 0.5) is 4.39 Å². The van der Waals surface area contributed by atoms with Crippen LogP contribution in [0.15, 0.2) is 18.2 Å². The Bertz CT molecular complexity index is 312. The number of halogens is 3. The fourth-order valence-electron chi connectivity index (χ4n) is 0.778. The molecule has 0 atom stereocenters. The Morgan fingerprint density at radius 1 is 1.50 bits per heavy atom. The molecule has 0 aliphatic carbocycles. The zero-order valence-corrected chi connectivity index (χ0v) is 7.49. The molecule has 0 aromatic heterocycles. The number of alkyl halides is 1. The molecular weight excluding hydrogens is 202 g/mol. The first-order chi connectivity index (χ1) is 5.65. The van der Waals surface area contributed by atoms with E-state index in [0.29, 0.717) is 5.56 Å². The van der Waals surface area contributed by atoms with Gasteiger partial charge in [0.2, 0.25) is 0 Å². The van der Waals surface area contributed by atoms with E-state index in [0.717, 1.165) is 6.07 Å². The molecule has 0 heterocycles. The van der Waals surface area contributed by atoms with Gasteiger partial charge in [-0.15, -0.1) is 11.6 Å². The summed E-state index contributed by atoms with van der Waals surface area (Å²) in [6.07, 6.45) is 0. The summed E-state index contributed by atoms with van der Waals surface area (Å²) in [5, 5.41) is -0.671. The van der Waals surface area contributed by atoms with Gasteiger partial charge in [0.1, 0.15) is 5.82 Å². The minimum absolute atomic E-state index is 0.0859. The topological polar surface area (TPSA) is 17.1 Å². The molecule has 0 unspecified atom stereocenters. The monoisotopic (exact) mass is 206 g/mol. The molecule has 1 aromatic rings. The van der Waals surface area contributed by atoms with Gasteiger partial charge in [0.25, 0.3) is 5.24 Å². The number of carbonyl (C=O) groups is 1. The summed E-state index contributed by atoms with van der Waals surface area (Å²) in [6, 6.07) is 3.96. The number of carbonyl (C=O) groups excluding carboxylic acids is 1. The smallest absolute Gasteiger partial charge is 0.252 e. The Kier molecular flexibility index (Phi) is 3.06. The van der Waals surface area contributed by atoms with Crippen LogP contribution in [0.2, 0.25) is 0 Å². The van der Waals surface area contributed by atoms with Crippen molar-refractivity contribution in [1.29, 1.82) is 0 Å². The van der Waals surface area contributed by atoms with Crippen molar-refractivity contribution in [3.8, 4) is 0 Å². The first kappa shape index (κ1) is 9.49. The zero-order chi connectivity index (χ0) is 9.14. The summed E-state index contributed by atoms with van der Waals surface area (Å²) in [7, 11) is 0. The summed E-state index contributed by atoms with van der Waals surface area (Å²) in [6.45, 7) is 0. The second-order valence-electron chi connectivity index (χ2n) is 2.21. The fraction of sp³-hybridized carbons (Fsp3) is 0.125. The highest BCUT2D eigenvalue weighted by Crippen LogP contribution is 2.13. The predicted molar refractivity (Wildman–Crippen MR) is 46.1 cm³/mol. The van der Waals surface area contributed by atoms with Crippen molar-refractivity contribution in [3.05, 3.63) is 35.1 Å². The number of rotatable bonds is 2. The van der Waals surface area contributed by atoms with E-state index >= 15 is 0 Å². The van der Waals surface area contributed by atoms with Crippen LogP contribution in [0, 0.1) is 5.82 Å². The van der Waals surface area contributed by atoms with Gasteiger partial charge < -0.3 is 0 Å². The molecule has 0 saturated heterocycles. The standard InChI is InChI=1S/C8H5Cl2FO/c9-4-6-2-1-5(8(10)12)3-7(6)11/h1-3H,4H2. The van der Waals surface area contributed by atoms with Crippen molar-refractivity contribution in [2.45, 2.75) is 5.88 Å². The van der Waals surface area contributed by atoms with Crippen molar-refractivity contribution >= 4 is 28.4 Å². The molecule has 64 valence electrons. The molecule has 0 bridgehead atoms. The second kappa shape index (κ2) is 3.87. The third-order valence-electron chi connectivity index (χ3n) is 1.42. The summed E-state index contributed by atoms with van der Waals surface area (Å²) in [4.78, 5) is 10.6. The van der Waals surface area contributed by atoms with Gasteiger partial charge >= 0.3 is 0 Å². The van der Waals surface area contributed by atoms with Crippen molar-refractivity contribution in [2.75, 3.05) is 0 Å². The number of benzene rings is 1. The molecular formula is C8H5Cl2FO. The van der Waals surface area contributed by atoms with Gasteiger partial charge in [-0.1, -0.05) is 6.07 Å². The van der Waals surface area contributed by atoms with Crippen LogP contribution in [0.5, 0.6) is 0 Å². The lowest BCUT2D eigenvalue weighted by molar-refractivity contribution is 0.108. The Morgan fingerprint density at radius 3 is 2.58 bits per heavy atom. The van der Waals surface area contributed by atoms with E-state index in [1.807, 2.05) is 0 Å². The first-order valence-electron chi connectivity index (χ1n) is 3.19. The third-order valence-corrected chi connectivity index (χ3v) is 1.93. The number of hydrogen-bond donors (Lipinski definition) is 0. The molecule has 12 heavy (non-hydrogen) atoms. The van der Waals surface area contributed by atoms with Gasteiger partial charge in [-0.2, -0.15) is 0 Å². The van der Waals surface area contributed by atoms with E-state index in [-0.39, 0.29) is 11.4 Å². The Labute approximate surface area is 79.1 Å². The molecule has 1 rings (SSSR count). The van der Waals surface area contributed by atoms with Crippen LogP contribution in [0.3, 0.4) is 0 Å². The van der Waals surface area contributed by atoms with E-state index in [4.69, 9.17) is 23.2 Å². The van der Waals surface area contributed by atoms with Gasteiger partial charge in [0.05, 0.1) is 5.88 Å². The van der Waals surface area contributed by atoms with Gasteiger partial charge in [0, 0.05) is 11.1 Å². The van der Waals surface area contributed by atoms with Gasteiger partial charge in [-0.25, -0.2) is 4.39 Å². The molecule has 0 fully saturated rings. The lowest BCUT2D eigenvalue weighted by atomic mass is 10.1. The molecule has 0 spiro atoms. The maximum absolute atomic E-state index is 12.9. The largest absolute Gasteiger partial charge is 0.276 e. The van der Waals surface area contributed by atoms with E-state index in [2.05, 4.69) is 0 Å². The van der Waals surface area contributed by atoms with Crippen LogP contribution >= 0.6 is 23.2 Å². The van der Waals surface area contributed by atoms with E-state index in [1.54, 1.807) is 0 Å². The predicted octanol–water partition coefficient (Wildman–Crippen LogP) is 2.94. The second-order valence-corrected chi connectivity index (χ2v) is 2.82. The summed E-state index contributed by atoms with van der Waals surface area (Å²) in [5.74, 6) is -0.417. The highest BCUT2D eigenvalue weighted by molar-refractivity contribution is 6.67. The van der Waals surface area contributed by atoms with Crippen molar-refractivity contribution < 1.29 is 9.18 Å². The third kappa shape index (κ3) is 1.96. The average Bonchev–Trinajstić information content (AvgIpc) is 2.04. The molecule has 1 aromatic carbocycles. The Balaban J connectivity index is 3.10. The van der Waals surface area contributed by atoms with Crippen molar-refractivity contribution in [2.24, 2.45) is 0 Å². The highest BCUT2D eigenvalue weighted by Gasteiger charge is 2.06. The van der Waals surface area contributed by atoms with Crippen LogP contribution in [0.1, 0.15) is 15.9 Å². The normalized spacial score (nSPS) is 9.92. The van der Waals surface area contributed by atoms with E-state index in [9.17, 15) is 9.18 Å². The van der Waals surface area contributed by atoms with Crippen LogP contribution in [0.25, 0.3) is 0 Å². The van der Waals surface area contributed by atoms with E-state index in [1.165, 1.54) is 12.1 Å². The van der Waals surface area contributed by atoms with Crippen molar-refractivity contribution in [1.82, 2.24) is 0 Å². The molecule has 0 amide bonds. The van der Waals surface area contributed by atoms with Gasteiger partial charge in [-0.05, 0) is 23.7 Å². The minimum atomic E-state index is -0.671. The molecule has 0 aliphatic heterocycles. The maximum atomic E-state index is 12.9. The zero-order valence-electron chi connectivity index (χ0n) is 5.98. The van der Waals surface area contributed by atoms with E-state index < -0.39 is 11.1 Å². The summed E-state index contributed by atoms with van der Waals surface area (Å²) >= 11 is 10.5. The first-order valence-corrected chi connectivity index (χ1v) is 4.10. The fourth-order valence-corrected chi connectivity index (χ4v) is 1.11. The van der Waals surface area contributed by atoms with Crippen LogP contribution in [-0.2, 0) is 5.88 Å². The summed E-state index contributed by atoms with van der Waals surface area (Å²) < 4.78 is 12.9. The summed E-state index contributed by atoms with van der Waals surface area (Å²) in [5.41, 5.74) is 0.501. The molecule has 0 N–H and O–H groups in total. The van der Waals surface area contributed by atoms with Crippen LogP contribution < -0.4 is 0 Å². The SMILES string of the molecule is O=C(Cl)c1ccc(CCl)c(F)c1. The lowest BCUT2D eigenvalue weighted by Gasteiger charge is -1.98. The highest BCUT2D eigenvalue weighted by atomic mass is 35.5. The maximum Gasteiger partial charge on any atom is 0.252 e. The van der Waals surface area contributed by atoms with Gasteiger partial charge in [-0.3, -0.25) is 4.79 Å².